The van der Waals surface area contributed by atoms with Crippen molar-refractivity contribution in [2.24, 2.45) is 5.92 Å². The Morgan fingerprint density at radius 1 is 1.26 bits per heavy atom. The highest BCUT2D eigenvalue weighted by atomic mass is 79.9. The molecule has 0 bridgehead atoms. The second-order valence-corrected chi connectivity index (χ2v) is 7.31. The van der Waals surface area contributed by atoms with Crippen LogP contribution in [0.1, 0.15) is 32.1 Å². The Kier molecular flexibility index (Phi) is 5.02. The summed E-state index contributed by atoms with van der Waals surface area (Å²) in [7, 11) is 0. The molecule has 1 unspecified atom stereocenters. The van der Waals surface area contributed by atoms with Crippen LogP contribution in [0.15, 0.2) is 28.7 Å². The van der Waals surface area contributed by atoms with E-state index in [1.54, 1.807) is 4.90 Å². The van der Waals surface area contributed by atoms with E-state index in [-0.39, 0.29) is 36.3 Å². The van der Waals surface area contributed by atoms with Crippen molar-refractivity contribution in [1.29, 1.82) is 0 Å². The van der Waals surface area contributed by atoms with Crippen LogP contribution < -0.4 is 10.2 Å². The van der Waals surface area contributed by atoms with Crippen LogP contribution in [-0.2, 0) is 9.59 Å². The van der Waals surface area contributed by atoms with Gasteiger partial charge in [0.25, 0.3) is 0 Å². The Morgan fingerprint density at radius 3 is 2.70 bits per heavy atom. The monoisotopic (exact) mass is 380 g/mol. The molecule has 2 amide bonds. The number of nitrogens with one attached hydrogen (secondary N) is 1. The summed E-state index contributed by atoms with van der Waals surface area (Å²) in [5.74, 6) is -0.354. The highest BCUT2D eigenvalue weighted by molar-refractivity contribution is 9.10. The molecule has 124 valence electrons. The maximum Gasteiger partial charge on any atom is 0.227 e. The van der Waals surface area contributed by atoms with E-state index in [1.165, 1.54) is 0 Å². The number of carbonyl (C=O) groups is 2. The van der Waals surface area contributed by atoms with Gasteiger partial charge < -0.3 is 15.3 Å². The summed E-state index contributed by atoms with van der Waals surface area (Å²) in [5, 5.41) is 12.6. The predicted molar refractivity (Wildman–Crippen MR) is 91.0 cm³/mol. The number of halogens is 1. The van der Waals surface area contributed by atoms with Gasteiger partial charge in [-0.25, -0.2) is 0 Å². The fourth-order valence-electron chi connectivity index (χ4n) is 3.32. The van der Waals surface area contributed by atoms with Gasteiger partial charge in [0.1, 0.15) is 0 Å². The number of rotatable bonds is 3. The molecule has 1 aliphatic heterocycles. The fraction of sp³-hybridized carbons (Fsp3) is 0.529. The van der Waals surface area contributed by atoms with Gasteiger partial charge in [-0.15, -0.1) is 0 Å². The number of hydrogen-bond donors (Lipinski definition) is 2. The molecule has 5 nitrogen and oxygen atoms in total. The molecule has 2 fully saturated rings. The summed E-state index contributed by atoms with van der Waals surface area (Å²) in [6, 6.07) is 7.69. The zero-order chi connectivity index (χ0) is 16.4. The molecule has 2 aliphatic rings. The van der Waals surface area contributed by atoms with Gasteiger partial charge in [-0.05, 0) is 43.9 Å². The molecule has 1 atom stereocenters. The van der Waals surface area contributed by atoms with Crippen molar-refractivity contribution in [1.82, 2.24) is 5.32 Å². The quantitative estimate of drug-likeness (QED) is 0.844. The van der Waals surface area contributed by atoms with Crippen LogP contribution in [0.5, 0.6) is 0 Å². The Morgan fingerprint density at radius 2 is 2.00 bits per heavy atom. The summed E-state index contributed by atoms with van der Waals surface area (Å²) >= 11 is 3.41. The van der Waals surface area contributed by atoms with Gasteiger partial charge in [-0.2, -0.15) is 0 Å². The van der Waals surface area contributed by atoms with Crippen LogP contribution in [0.4, 0.5) is 5.69 Å². The van der Waals surface area contributed by atoms with E-state index in [4.69, 9.17) is 0 Å². The summed E-state index contributed by atoms with van der Waals surface area (Å²) in [5.41, 5.74) is 0.820. The maximum absolute atomic E-state index is 12.4. The molecule has 1 aromatic rings. The standard InChI is InChI=1S/C17H21BrN2O3/c18-12-2-1-3-14(9-12)20-10-11(8-16(20)22)17(23)19-13-4-6-15(21)7-5-13/h1-3,9,11,13,15,21H,4-8,10H2,(H,19,23). The number of carbonyl (C=O) groups excluding carboxylic acids is 2. The van der Waals surface area contributed by atoms with Crippen LogP contribution >= 0.6 is 15.9 Å². The average molecular weight is 381 g/mol. The molecule has 0 spiro atoms. The minimum absolute atomic E-state index is 0.0117. The van der Waals surface area contributed by atoms with Crippen molar-refractivity contribution in [2.45, 2.75) is 44.2 Å². The zero-order valence-corrected chi connectivity index (χ0v) is 14.5. The van der Waals surface area contributed by atoms with E-state index in [1.807, 2.05) is 24.3 Å². The van der Waals surface area contributed by atoms with E-state index >= 15 is 0 Å². The normalized spacial score (nSPS) is 28.0. The first-order valence-corrected chi connectivity index (χ1v) is 8.86. The number of nitrogens with zero attached hydrogens (tertiary/aromatic N) is 1. The third-order valence-electron chi connectivity index (χ3n) is 4.66. The molecule has 3 rings (SSSR count). The molecule has 23 heavy (non-hydrogen) atoms. The van der Waals surface area contributed by atoms with Gasteiger partial charge >= 0.3 is 0 Å². The first-order valence-electron chi connectivity index (χ1n) is 8.07. The average Bonchev–Trinajstić information content (AvgIpc) is 2.92. The predicted octanol–water partition coefficient (Wildman–Crippen LogP) is 2.22. The lowest BCUT2D eigenvalue weighted by atomic mass is 9.92. The zero-order valence-electron chi connectivity index (χ0n) is 12.9. The molecule has 1 saturated heterocycles. The first-order chi connectivity index (χ1) is 11.0. The van der Waals surface area contributed by atoms with Crippen LogP contribution in [-0.4, -0.2) is 35.6 Å². The molecular formula is C17H21BrN2O3. The number of benzene rings is 1. The molecule has 1 aliphatic carbocycles. The van der Waals surface area contributed by atoms with Gasteiger partial charge in [0.2, 0.25) is 11.8 Å². The SMILES string of the molecule is O=C(NC1CCC(O)CC1)C1CC(=O)N(c2cccc(Br)c2)C1. The third-order valence-corrected chi connectivity index (χ3v) is 5.15. The van der Waals surface area contributed by atoms with E-state index in [9.17, 15) is 14.7 Å². The Bertz CT molecular complexity index is 599. The first kappa shape index (κ1) is 16.5. The third kappa shape index (κ3) is 3.93. The second kappa shape index (κ2) is 7.01. The molecule has 1 heterocycles. The molecule has 1 saturated carbocycles. The summed E-state index contributed by atoms with van der Waals surface area (Å²) in [6.07, 6.45) is 3.11. The van der Waals surface area contributed by atoms with Gasteiger partial charge in [0.15, 0.2) is 0 Å². The number of aliphatic hydroxyl groups excluding tert-OH is 1. The lowest BCUT2D eigenvalue weighted by molar-refractivity contribution is -0.127. The number of hydrogen-bond acceptors (Lipinski definition) is 3. The number of aliphatic hydroxyl groups is 1. The van der Waals surface area contributed by atoms with Crippen LogP contribution in [0, 0.1) is 5.92 Å². The van der Waals surface area contributed by atoms with E-state index in [0.29, 0.717) is 6.54 Å². The van der Waals surface area contributed by atoms with Gasteiger partial charge in [-0.3, -0.25) is 9.59 Å². The Hall–Kier alpha value is -1.40. The Labute approximate surface area is 144 Å². The second-order valence-electron chi connectivity index (χ2n) is 6.40. The van der Waals surface area contributed by atoms with Gasteiger partial charge in [0.05, 0.1) is 12.0 Å². The van der Waals surface area contributed by atoms with E-state index < -0.39 is 0 Å². The van der Waals surface area contributed by atoms with Crippen LogP contribution in [0.2, 0.25) is 0 Å². The summed E-state index contributed by atoms with van der Waals surface area (Å²) in [4.78, 5) is 26.3. The number of anilines is 1. The minimum Gasteiger partial charge on any atom is -0.393 e. The highest BCUT2D eigenvalue weighted by Crippen LogP contribution is 2.28. The smallest absolute Gasteiger partial charge is 0.227 e. The Balaban J connectivity index is 1.59. The molecule has 0 aromatic heterocycles. The summed E-state index contributed by atoms with van der Waals surface area (Å²) in [6.45, 7) is 0.427. The maximum atomic E-state index is 12.4. The van der Waals surface area contributed by atoms with Crippen molar-refractivity contribution in [2.75, 3.05) is 11.4 Å². The lowest BCUT2D eigenvalue weighted by Gasteiger charge is -2.27. The molecule has 0 radical (unpaired) electrons. The van der Waals surface area contributed by atoms with E-state index in [2.05, 4.69) is 21.2 Å². The molecular weight excluding hydrogens is 360 g/mol. The van der Waals surface area contributed by atoms with Crippen LogP contribution in [0.25, 0.3) is 0 Å². The van der Waals surface area contributed by atoms with Gasteiger partial charge in [0, 0.05) is 29.2 Å². The molecule has 1 aromatic carbocycles. The van der Waals surface area contributed by atoms with Crippen molar-refractivity contribution < 1.29 is 14.7 Å². The largest absolute Gasteiger partial charge is 0.393 e. The minimum atomic E-state index is -0.298. The fourth-order valence-corrected chi connectivity index (χ4v) is 3.70. The van der Waals surface area contributed by atoms with Gasteiger partial charge in [-0.1, -0.05) is 22.0 Å². The highest BCUT2D eigenvalue weighted by Gasteiger charge is 2.36. The van der Waals surface area contributed by atoms with Crippen LogP contribution in [0.3, 0.4) is 0 Å². The van der Waals surface area contributed by atoms with E-state index in [0.717, 1.165) is 35.8 Å². The number of amides is 2. The van der Waals surface area contributed by atoms with Crippen molar-refractivity contribution in [3.05, 3.63) is 28.7 Å². The topological polar surface area (TPSA) is 69.6 Å². The summed E-state index contributed by atoms with van der Waals surface area (Å²) < 4.78 is 0.913. The molecule has 6 heteroatoms. The van der Waals surface area contributed by atoms with Crippen molar-refractivity contribution in [3.8, 4) is 0 Å². The van der Waals surface area contributed by atoms with Crippen molar-refractivity contribution >= 4 is 33.4 Å². The lowest BCUT2D eigenvalue weighted by Crippen LogP contribution is -2.42. The van der Waals surface area contributed by atoms with Crippen molar-refractivity contribution in [3.63, 3.8) is 0 Å². The molecule has 2 N–H and O–H groups in total.